The van der Waals surface area contributed by atoms with Gasteiger partial charge in [-0.05, 0) is 38.4 Å². The molecule has 0 aliphatic carbocycles. The fourth-order valence-electron chi connectivity index (χ4n) is 2.79. The zero-order valence-electron chi connectivity index (χ0n) is 11.8. The van der Waals surface area contributed by atoms with Crippen molar-refractivity contribution in [2.75, 3.05) is 25.0 Å². The number of rotatable bonds is 3. The molecule has 1 fully saturated rings. The lowest BCUT2D eigenvalue weighted by molar-refractivity contribution is 0.552. The van der Waals surface area contributed by atoms with Crippen LogP contribution in [0.15, 0.2) is 24.3 Å². The lowest BCUT2D eigenvalue weighted by Crippen LogP contribution is -2.29. The molecule has 1 aromatic carbocycles. The van der Waals surface area contributed by atoms with Crippen molar-refractivity contribution in [3.05, 3.63) is 29.8 Å². The van der Waals surface area contributed by atoms with Crippen LogP contribution in [0.2, 0.25) is 0 Å². The molecule has 1 saturated heterocycles. The highest BCUT2D eigenvalue weighted by Gasteiger charge is 2.15. The van der Waals surface area contributed by atoms with Crippen molar-refractivity contribution in [2.45, 2.75) is 45.1 Å². The van der Waals surface area contributed by atoms with Crippen LogP contribution in [0.25, 0.3) is 0 Å². The summed E-state index contributed by atoms with van der Waals surface area (Å²) in [5.41, 5.74) is 2.86. The van der Waals surface area contributed by atoms with Crippen LogP contribution in [0, 0.1) is 0 Å². The average molecular weight is 246 g/mol. The minimum atomic E-state index is 0.423. The Morgan fingerprint density at radius 2 is 1.61 bits per heavy atom. The van der Waals surface area contributed by atoms with Crippen LogP contribution < -0.4 is 10.2 Å². The predicted octanol–water partition coefficient (Wildman–Crippen LogP) is 3.74. The summed E-state index contributed by atoms with van der Waals surface area (Å²) >= 11 is 0. The maximum atomic E-state index is 3.36. The molecule has 0 saturated carbocycles. The number of para-hydroxylation sites is 1. The van der Waals surface area contributed by atoms with Crippen LogP contribution in [0.3, 0.4) is 0 Å². The first-order valence-corrected chi connectivity index (χ1v) is 7.34. The Balaban J connectivity index is 2.19. The molecule has 0 spiro atoms. The van der Waals surface area contributed by atoms with E-state index >= 15 is 0 Å². The van der Waals surface area contributed by atoms with Crippen molar-refractivity contribution in [2.24, 2.45) is 0 Å². The van der Waals surface area contributed by atoms with E-state index in [1.165, 1.54) is 56.4 Å². The topological polar surface area (TPSA) is 15.3 Å². The highest BCUT2D eigenvalue weighted by molar-refractivity contribution is 5.55. The van der Waals surface area contributed by atoms with Gasteiger partial charge < -0.3 is 10.2 Å². The third kappa shape index (κ3) is 3.26. The number of hydrogen-bond donors (Lipinski definition) is 1. The van der Waals surface area contributed by atoms with Gasteiger partial charge >= 0.3 is 0 Å². The lowest BCUT2D eigenvalue weighted by atomic mass is 10.0. The molecule has 2 nitrogen and oxygen atoms in total. The fourth-order valence-corrected chi connectivity index (χ4v) is 2.79. The van der Waals surface area contributed by atoms with E-state index in [9.17, 15) is 0 Å². The summed E-state index contributed by atoms with van der Waals surface area (Å²) in [7, 11) is 2.04. The third-order valence-corrected chi connectivity index (χ3v) is 4.03. The van der Waals surface area contributed by atoms with Crippen molar-refractivity contribution < 1.29 is 0 Å². The molecule has 1 atom stereocenters. The highest BCUT2D eigenvalue weighted by Crippen LogP contribution is 2.27. The van der Waals surface area contributed by atoms with Crippen molar-refractivity contribution in [3.8, 4) is 0 Å². The Bertz CT molecular complexity index is 354. The van der Waals surface area contributed by atoms with E-state index < -0.39 is 0 Å². The standard InChI is InChI=1S/C16H26N2/c1-14(17-2)15-10-6-7-11-16(15)18-12-8-4-3-5-9-13-18/h6-7,10-11,14,17H,3-5,8-9,12-13H2,1-2H3. The van der Waals surface area contributed by atoms with E-state index in [4.69, 9.17) is 0 Å². The summed E-state index contributed by atoms with van der Waals surface area (Å²) in [6, 6.07) is 9.28. The second kappa shape index (κ2) is 6.79. The van der Waals surface area contributed by atoms with Gasteiger partial charge in [-0.2, -0.15) is 0 Å². The molecule has 0 amide bonds. The summed E-state index contributed by atoms with van der Waals surface area (Å²) in [4.78, 5) is 2.59. The second-order valence-electron chi connectivity index (χ2n) is 5.32. The molecular formula is C16H26N2. The highest BCUT2D eigenvalue weighted by atomic mass is 15.1. The largest absolute Gasteiger partial charge is 0.371 e. The monoisotopic (exact) mass is 246 g/mol. The van der Waals surface area contributed by atoms with E-state index in [1.54, 1.807) is 0 Å². The van der Waals surface area contributed by atoms with Gasteiger partial charge in [0.1, 0.15) is 0 Å². The first-order chi connectivity index (χ1) is 8.83. The van der Waals surface area contributed by atoms with Crippen LogP contribution in [-0.4, -0.2) is 20.1 Å². The minimum absolute atomic E-state index is 0.423. The van der Waals surface area contributed by atoms with Gasteiger partial charge in [-0.15, -0.1) is 0 Å². The molecule has 1 aliphatic rings. The molecule has 1 aliphatic heterocycles. The van der Waals surface area contributed by atoms with Gasteiger partial charge in [-0.25, -0.2) is 0 Å². The second-order valence-corrected chi connectivity index (χ2v) is 5.32. The molecule has 1 heterocycles. The SMILES string of the molecule is CNC(C)c1ccccc1N1CCCCCCC1. The van der Waals surface area contributed by atoms with Gasteiger partial charge in [0.2, 0.25) is 0 Å². The molecule has 0 radical (unpaired) electrons. The van der Waals surface area contributed by atoms with Gasteiger partial charge in [0, 0.05) is 24.8 Å². The Hall–Kier alpha value is -1.02. The Morgan fingerprint density at radius 3 is 2.28 bits per heavy atom. The number of hydrogen-bond acceptors (Lipinski definition) is 2. The van der Waals surface area contributed by atoms with Crippen LogP contribution in [0.1, 0.15) is 50.6 Å². The molecule has 1 N–H and O–H groups in total. The van der Waals surface area contributed by atoms with E-state index in [1.807, 2.05) is 7.05 Å². The Labute approximate surface area is 111 Å². The molecule has 0 aromatic heterocycles. The minimum Gasteiger partial charge on any atom is -0.371 e. The first-order valence-electron chi connectivity index (χ1n) is 7.34. The Morgan fingerprint density at radius 1 is 1.00 bits per heavy atom. The van der Waals surface area contributed by atoms with Crippen molar-refractivity contribution in [3.63, 3.8) is 0 Å². The zero-order valence-corrected chi connectivity index (χ0v) is 11.8. The summed E-state index contributed by atoms with van der Waals surface area (Å²) < 4.78 is 0. The average Bonchev–Trinajstić information content (AvgIpc) is 2.38. The maximum Gasteiger partial charge on any atom is 0.0414 e. The fraction of sp³-hybridized carbons (Fsp3) is 0.625. The normalized spacial score (nSPS) is 19.1. The molecule has 100 valence electrons. The maximum absolute atomic E-state index is 3.36. The molecule has 2 rings (SSSR count). The van der Waals surface area contributed by atoms with Crippen LogP contribution in [-0.2, 0) is 0 Å². The summed E-state index contributed by atoms with van der Waals surface area (Å²) in [5, 5.41) is 3.36. The lowest BCUT2D eigenvalue weighted by Gasteiger charge is -2.30. The quantitative estimate of drug-likeness (QED) is 0.874. The smallest absolute Gasteiger partial charge is 0.0414 e. The molecule has 18 heavy (non-hydrogen) atoms. The predicted molar refractivity (Wildman–Crippen MR) is 79.2 cm³/mol. The first kappa shape index (κ1) is 13.4. The molecule has 2 heteroatoms. The van der Waals surface area contributed by atoms with Gasteiger partial charge in [0.05, 0.1) is 0 Å². The molecular weight excluding hydrogens is 220 g/mol. The third-order valence-electron chi connectivity index (χ3n) is 4.03. The number of nitrogens with one attached hydrogen (secondary N) is 1. The number of anilines is 1. The Kier molecular flexibility index (Phi) is 5.06. The number of nitrogens with zero attached hydrogens (tertiary/aromatic N) is 1. The summed E-state index contributed by atoms with van der Waals surface area (Å²) in [5.74, 6) is 0. The van der Waals surface area contributed by atoms with E-state index in [0.29, 0.717) is 6.04 Å². The van der Waals surface area contributed by atoms with Crippen molar-refractivity contribution in [1.29, 1.82) is 0 Å². The van der Waals surface area contributed by atoms with E-state index in [-0.39, 0.29) is 0 Å². The molecule has 1 unspecified atom stereocenters. The van der Waals surface area contributed by atoms with Crippen LogP contribution in [0.4, 0.5) is 5.69 Å². The van der Waals surface area contributed by atoms with Crippen molar-refractivity contribution >= 4 is 5.69 Å². The number of benzene rings is 1. The van der Waals surface area contributed by atoms with Gasteiger partial charge in [0.25, 0.3) is 0 Å². The summed E-state index contributed by atoms with van der Waals surface area (Å²) in [6.45, 7) is 4.67. The zero-order chi connectivity index (χ0) is 12.8. The molecule has 1 aromatic rings. The van der Waals surface area contributed by atoms with E-state index in [0.717, 1.165) is 0 Å². The van der Waals surface area contributed by atoms with Crippen LogP contribution in [0.5, 0.6) is 0 Å². The summed E-state index contributed by atoms with van der Waals surface area (Å²) in [6.07, 6.45) is 6.87. The molecule has 0 bridgehead atoms. The van der Waals surface area contributed by atoms with Gasteiger partial charge in [-0.3, -0.25) is 0 Å². The van der Waals surface area contributed by atoms with Gasteiger partial charge in [0.15, 0.2) is 0 Å². The van der Waals surface area contributed by atoms with Crippen LogP contribution >= 0.6 is 0 Å². The van der Waals surface area contributed by atoms with Gasteiger partial charge in [-0.1, -0.05) is 37.5 Å². The van der Waals surface area contributed by atoms with Crippen molar-refractivity contribution in [1.82, 2.24) is 5.32 Å². The van der Waals surface area contributed by atoms with E-state index in [2.05, 4.69) is 41.4 Å².